The first-order chi connectivity index (χ1) is 8.58. The Bertz CT molecular complexity index is 610. The summed E-state index contributed by atoms with van der Waals surface area (Å²) >= 11 is 0. The highest BCUT2D eigenvalue weighted by atomic mass is 16.4. The van der Waals surface area contributed by atoms with Gasteiger partial charge in [0.1, 0.15) is 0 Å². The number of rotatable bonds is 3. The third kappa shape index (κ3) is 2.66. The van der Waals surface area contributed by atoms with Gasteiger partial charge >= 0.3 is 7.12 Å². The molecule has 2 rings (SSSR count). The van der Waals surface area contributed by atoms with Gasteiger partial charge in [0.2, 0.25) is 0 Å². The van der Waals surface area contributed by atoms with Crippen molar-refractivity contribution in [2.45, 2.75) is 13.5 Å². The van der Waals surface area contributed by atoms with Crippen LogP contribution in [-0.4, -0.2) is 26.9 Å². The van der Waals surface area contributed by atoms with Crippen LogP contribution in [0.25, 0.3) is 0 Å². The number of nitrogens with zero attached hydrogens (tertiary/aromatic N) is 2. The maximum absolute atomic E-state index is 11.6. The van der Waals surface area contributed by atoms with Crippen LogP contribution in [0.1, 0.15) is 11.3 Å². The number of aryl methyl sites for hydroxylation is 1. The first-order valence-corrected chi connectivity index (χ1v) is 5.56. The van der Waals surface area contributed by atoms with Gasteiger partial charge in [-0.1, -0.05) is 24.3 Å². The fourth-order valence-electron chi connectivity index (χ4n) is 1.76. The summed E-state index contributed by atoms with van der Waals surface area (Å²) in [4.78, 5) is 11.6. The van der Waals surface area contributed by atoms with Gasteiger partial charge in [-0.05, 0) is 24.0 Å². The molecular formula is C12H13BN2O3. The molecule has 0 unspecified atom stereocenters. The second-order valence-corrected chi connectivity index (χ2v) is 4.04. The lowest BCUT2D eigenvalue weighted by atomic mass is 9.77. The zero-order chi connectivity index (χ0) is 13.1. The van der Waals surface area contributed by atoms with Crippen LogP contribution in [-0.2, 0) is 6.54 Å². The van der Waals surface area contributed by atoms with E-state index in [1.807, 2.05) is 0 Å². The normalized spacial score (nSPS) is 10.4. The second-order valence-electron chi connectivity index (χ2n) is 4.04. The lowest BCUT2D eigenvalue weighted by Gasteiger charge is -2.10. The molecule has 0 saturated carbocycles. The molecule has 0 atom stereocenters. The largest absolute Gasteiger partial charge is 0.488 e. The van der Waals surface area contributed by atoms with Crippen LogP contribution in [0.4, 0.5) is 0 Å². The van der Waals surface area contributed by atoms with Gasteiger partial charge in [0.25, 0.3) is 5.56 Å². The van der Waals surface area contributed by atoms with E-state index >= 15 is 0 Å². The van der Waals surface area contributed by atoms with E-state index in [0.29, 0.717) is 11.0 Å². The van der Waals surface area contributed by atoms with Crippen LogP contribution in [0.3, 0.4) is 0 Å². The molecule has 6 heteroatoms. The molecule has 2 aromatic rings. The molecule has 0 bridgehead atoms. The van der Waals surface area contributed by atoms with E-state index in [9.17, 15) is 14.8 Å². The molecular weight excluding hydrogens is 231 g/mol. The molecule has 0 aliphatic carbocycles. The van der Waals surface area contributed by atoms with Crippen molar-refractivity contribution >= 4 is 12.6 Å². The van der Waals surface area contributed by atoms with Gasteiger partial charge in [0, 0.05) is 6.07 Å². The van der Waals surface area contributed by atoms with E-state index < -0.39 is 7.12 Å². The lowest BCUT2D eigenvalue weighted by molar-refractivity contribution is 0.425. The van der Waals surface area contributed by atoms with E-state index in [1.165, 1.54) is 10.7 Å². The standard InChI is InChI=1S/C12H13BN2O3/c1-9-6-7-12(16)15(14-9)8-10-4-2-3-5-11(10)13(17)18/h2-7,17-18H,8H2,1H3. The zero-order valence-electron chi connectivity index (χ0n) is 9.95. The van der Waals surface area contributed by atoms with Crippen molar-refractivity contribution in [2.24, 2.45) is 0 Å². The highest BCUT2D eigenvalue weighted by molar-refractivity contribution is 6.59. The molecule has 0 spiro atoms. The molecule has 18 heavy (non-hydrogen) atoms. The Morgan fingerprint density at radius 2 is 1.94 bits per heavy atom. The third-order valence-electron chi connectivity index (χ3n) is 2.65. The maximum Gasteiger partial charge on any atom is 0.488 e. The summed E-state index contributed by atoms with van der Waals surface area (Å²) in [6.07, 6.45) is 0. The zero-order valence-corrected chi connectivity index (χ0v) is 9.95. The SMILES string of the molecule is Cc1ccc(=O)n(Cc2ccccc2B(O)O)n1. The van der Waals surface area contributed by atoms with E-state index in [1.54, 1.807) is 37.3 Å². The van der Waals surface area contributed by atoms with Crippen LogP contribution in [0, 0.1) is 6.92 Å². The fraction of sp³-hybridized carbons (Fsp3) is 0.167. The number of benzene rings is 1. The van der Waals surface area contributed by atoms with Crippen LogP contribution in [0.2, 0.25) is 0 Å². The Kier molecular flexibility index (Phi) is 3.59. The number of hydrogen-bond acceptors (Lipinski definition) is 4. The topological polar surface area (TPSA) is 75.4 Å². The Morgan fingerprint density at radius 3 is 2.67 bits per heavy atom. The molecule has 5 nitrogen and oxygen atoms in total. The van der Waals surface area contributed by atoms with Gasteiger partial charge in [0.15, 0.2) is 0 Å². The van der Waals surface area contributed by atoms with E-state index in [4.69, 9.17) is 0 Å². The average molecular weight is 244 g/mol. The first kappa shape index (κ1) is 12.5. The molecule has 0 saturated heterocycles. The molecule has 1 aromatic carbocycles. The summed E-state index contributed by atoms with van der Waals surface area (Å²) in [5.41, 5.74) is 1.56. The highest BCUT2D eigenvalue weighted by Crippen LogP contribution is 1.99. The van der Waals surface area contributed by atoms with Gasteiger partial charge in [0.05, 0.1) is 12.2 Å². The molecule has 0 aliphatic heterocycles. The third-order valence-corrected chi connectivity index (χ3v) is 2.65. The summed E-state index contributed by atoms with van der Waals surface area (Å²) in [7, 11) is -1.55. The Labute approximate surface area is 104 Å². The predicted molar refractivity (Wildman–Crippen MR) is 68.6 cm³/mol. The van der Waals surface area contributed by atoms with Crippen LogP contribution in [0.15, 0.2) is 41.2 Å². The molecule has 92 valence electrons. The van der Waals surface area contributed by atoms with Gasteiger partial charge in [-0.15, -0.1) is 0 Å². The minimum absolute atomic E-state index is 0.217. The van der Waals surface area contributed by atoms with Crippen LogP contribution < -0.4 is 11.0 Å². The second kappa shape index (κ2) is 5.16. The van der Waals surface area contributed by atoms with E-state index in [-0.39, 0.29) is 12.1 Å². The van der Waals surface area contributed by atoms with Crippen molar-refractivity contribution in [1.82, 2.24) is 9.78 Å². The van der Waals surface area contributed by atoms with Crippen molar-refractivity contribution in [3.63, 3.8) is 0 Å². The summed E-state index contributed by atoms with van der Waals surface area (Å²) in [6, 6.07) is 9.94. The van der Waals surface area contributed by atoms with Crippen molar-refractivity contribution in [1.29, 1.82) is 0 Å². The molecule has 0 aliphatic rings. The minimum Gasteiger partial charge on any atom is -0.423 e. The monoisotopic (exact) mass is 244 g/mol. The summed E-state index contributed by atoms with van der Waals surface area (Å²) in [5.74, 6) is 0. The van der Waals surface area contributed by atoms with E-state index in [2.05, 4.69) is 5.10 Å². The molecule has 2 N–H and O–H groups in total. The number of aromatic nitrogens is 2. The molecule has 0 radical (unpaired) electrons. The van der Waals surface area contributed by atoms with Gasteiger partial charge in [-0.3, -0.25) is 4.79 Å². The quantitative estimate of drug-likeness (QED) is 0.698. The smallest absolute Gasteiger partial charge is 0.423 e. The Balaban J connectivity index is 2.40. The van der Waals surface area contributed by atoms with Crippen molar-refractivity contribution in [2.75, 3.05) is 0 Å². The van der Waals surface area contributed by atoms with Gasteiger partial charge in [-0.25, -0.2) is 4.68 Å². The fourth-order valence-corrected chi connectivity index (χ4v) is 1.76. The molecule has 1 aromatic heterocycles. The molecule has 0 fully saturated rings. The van der Waals surface area contributed by atoms with Gasteiger partial charge < -0.3 is 10.0 Å². The van der Waals surface area contributed by atoms with Crippen LogP contribution in [0.5, 0.6) is 0 Å². The van der Waals surface area contributed by atoms with Crippen molar-refractivity contribution in [3.8, 4) is 0 Å². The predicted octanol–water partition coefficient (Wildman–Crippen LogP) is -0.720. The minimum atomic E-state index is -1.55. The Morgan fingerprint density at radius 1 is 1.22 bits per heavy atom. The summed E-state index contributed by atoms with van der Waals surface area (Å²) in [5, 5.41) is 22.6. The first-order valence-electron chi connectivity index (χ1n) is 5.56. The summed E-state index contributed by atoms with van der Waals surface area (Å²) < 4.78 is 1.30. The van der Waals surface area contributed by atoms with Crippen molar-refractivity contribution in [3.05, 3.63) is 58.0 Å². The number of hydrogen-bond donors (Lipinski definition) is 2. The van der Waals surface area contributed by atoms with E-state index in [0.717, 1.165) is 5.69 Å². The molecule has 0 amide bonds. The van der Waals surface area contributed by atoms with Gasteiger partial charge in [-0.2, -0.15) is 5.10 Å². The van der Waals surface area contributed by atoms with Crippen molar-refractivity contribution < 1.29 is 10.0 Å². The summed E-state index contributed by atoms with van der Waals surface area (Å²) in [6.45, 7) is 2.01. The Hall–Kier alpha value is -1.92. The average Bonchev–Trinajstić information content (AvgIpc) is 2.34. The maximum atomic E-state index is 11.6. The van der Waals surface area contributed by atoms with Crippen LogP contribution >= 0.6 is 0 Å². The highest BCUT2D eigenvalue weighted by Gasteiger charge is 2.15. The lowest BCUT2D eigenvalue weighted by Crippen LogP contribution is -2.35. The molecule has 1 heterocycles.